The van der Waals surface area contributed by atoms with Crippen molar-refractivity contribution in [1.29, 1.82) is 0 Å². The van der Waals surface area contributed by atoms with Crippen LogP contribution in [0.25, 0.3) is 0 Å². The Balaban J connectivity index is 3.15. The average Bonchev–Trinajstić information content (AvgIpc) is 2.33. The Hall–Kier alpha value is -1.71. The van der Waals surface area contributed by atoms with E-state index in [2.05, 4.69) is 0 Å². The highest BCUT2D eigenvalue weighted by Gasteiger charge is 2.12. The van der Waals surface area contributed by atoms with Gasteiger partial charge < -0.3 is 14.2 Å². The van der Waals surface area contributed by atoms with E-state index in [9.17, 15) is 4.79 Å². The molecule has 0 atom stereocenters. The van der Waals surface area contributed by atoms with E-state index in [0.29, 0.717) is 42.6 Å². The fraction of sp³-hybridized carbons (Fsp3) is 0.462. The molecule has 0 fully saturated rings. The molecule has 1 rings (SSSR count). The van der Waals surface area contributed by atoms with Gasteiger partial charge in [-0.1, -0.05) is 0 Å². The summed E-state index contributed by atoms with van der Waals surface area (Å²) in [4.78, 5) is 10.8. The Morgan fingerprint density at radius 2 is 1.35 bits per heavy atom. The number of hydrogen-bond donors (Lipinski definition) is 0. The minimum absolute atomic E-state index is 0.346. The second-order valence-corrected chi connectivity index (χ2v) is 3.20. The van der Waals surface area contributed by atoms with Crippen LogP contribution in [0.5, 0.6) is 17.2 Å². The van der Waals surface area contributed by atoms with Gasteiger partial charge in [-0.05, 0) is 26.8 Å². The third-order valence-electron chi connectivity index (χ3n) is 2.06. The summed E-state index contributed by atoms with van der Waals surface area (Å²) in [6.07, 6.45) is 1.84. The van der Waals surface area contributed by atoms with Crippen molar-refractivity contribution in [3.05, 3.63) is 17.7 Å². The Labute approximate surface area is 101 Å². The maximum absolute atomic E-state index is 10.8. The lowest BCUT2D eigenvalue weighted by Crippen LogP contribution is -2.02. The molecule has 4 heteroatoms. The molecule has 0 heterocycles. The lowest BCUT2D eigenvalue weighted by Gasteiger charge is -2.14. The minimum Gasteiger partial charge on any atom is -0.493 e. The van der Waals surface area contributed by atoms with Crippen LogP contribution >= 0.6 is 0 Å². The Kier molecular flexibility index (Phi) is 5.33. The first-order valence-electron chi connectivity index (χ1n) is 5.71. The molecule has 4 nitrogen and oxygen atoms in total. The fourth-order valence-corrected chi connectivity index (χ4v) is 1.43. The normalized spacial score (nSPS) is 9.82. The molecular formula is C13H17O4. The van der Waals surface area contributed by atoms with Crippen molar-refractivity contribution in [2.75, 3.05) is 19.8 Å². The summed E-state index contributed by atoms with van der Waals surface area (Å²) in [6, 6.07) is 3.25. The van der Waals surface area contributed by atoms with Gasteiger partial charge in [0.05, 0.1) is 25.4 Å². The predicted octanol–water partition coefficient (Wildman–Crippen LogP) is 2.34. The maximum Gasteiger partial charge on any atom is 0.237 e. The first-order valence-corrected chi connectivity index (χ1v) is 5.71. The summed E-state index contributed by atoms with van der Waals surface area (Å²) in [7, 11) is 0. The molecule has 0 aliphatic heterocycles. The van der Waals surface area contributed by atoms with Gasteiger partial charge >= 0.3 is 0 Å². The molecule has 1 aromatic carbocycles. The standard InChI is InChI=1S/C13H17O4/c1-4-15-11-8-13(17-6-3)12(16-5-2)7-10(11)9-14/h7-8H,4-6H2,1-3H3. The quantitative estimate of drug-likeness (QED) is 0.730. The van der Waals surface area contributed by atoms with E-state index in [-0.39, 0.29) is 0 Å². The van der Waals surface area contributed by atoms with Gasteiger partial charge in [-0.25, -0.2) is 0 Å². The van der Waals surface area contributed by atoms with Crippen LogP contribution in [0.3, 0.4) is 0 Å². The summed E-state index contributed by atoms with van der Waals surface area (Å²) in [6.45, 7) is 7.12. The van der Waals surface area contributed by atoms with Crippen LogP contribution < -0.4 is 14.2 Å². The van der Waals surface area contributed by atoms with Gasteiger partial charge in [-0.2, -0.15) is 0 Å². The number of benzene rings is 1. The monoisotopic (exact) mass is 237 g/mol. The molecule has 0 saturated carbocycles. The van der Waals surface area contributed by atoms with Crippen LogP contribution in [0, 0.1) is 0 Å². The zero-order valence-electron chi connectivity index (χ0n) is 10.4. The molecule has 93 valence electrons. The van der Waals surface area contributed by atoms with Gasteiger partial charge in [0.1, 0.15) is 5.75 Å². The van der Waals surface area contributed by atoms with Gasteiger partial charge in [-0.3, -0.25) is 4.79 Å². The number of hydrogen-bond acceptors (Lipinski definition) is 4. The van der Waals surface area contributed by atoms with Crippen LogP contribution in [-0.4, -0.2) is 26.1 Å². The highest BCUT2D eigenvalue weighted by atomic mass is 16.5. The van der Waals surface area contributed by atoms with Gasteiger partial charge in [0, 0.05) is 6.07 Å². The van der Waals surface area contributed by atoms with E-state index in [0.717, 1.165) is 0 Å². The fourth-order valence-electron chi connectivity index (χ4n) is 1.43. The van der Waals surface area contributed by atoms with Gasteiger partial charge in [0.25, 0.3) is 0 Å². The molecule has 0 N–H and O–H groups in total. The predicted molar refractivity (Wildman–Crippen MR) is 64.7 cm³/mol. The van der Waals surface area contributed by atoms with Crippen LogP contribution in [0.15, 0.2) is 12.1 Å². The molecule has 0 bridgehead atoms. The molecular weight excluding hydrogens is 220 g/mol. The number of ether oxygens (including phenoxy) is 3. The van der Waals surface area contributed by atoms with Crippen LogP contribution in [0.1, 0.15) is 26.3 Å². The minimum atomic E-state index is 0.346. The summed E-state index contributed by atoms with van der Waals surface area (Å²) in [5.74, 6) is 1.59. The third kappa shape index (κ3) is 3.37. The molecule has 0 aliphatic carbocycles. The lowest BCUT2D eigenvalue weighted by molar-refractivity contribution is 0.282. The van der Waals surface area contributed by atoms with Crippen molar-refractivity contribution in [2.24, 2.45) is 0 Å². The molecule has 0 aromatic heterocycles. The van der Waals surface area contributed by atoms with Crippen molar-refractivity contribution in [2.45, 2.75) is 20.8 Å². The third-order valence-corrected chi connectivity index (χ3v) is 2.06. The first-order chi connectivity index (χ1) is 8.26. The van der Waals surface area contributed by atoms with E-state index < -0.39 is 0 Å². The first kappa shape index (κ1) is 13.4. The Morgan fingerprint density at radius 1 is 0.882 bits per heavy atom. The molecule has 0 amide bonds. The van der Waals surface area contributed by atoms with Crippen molar-refractivity contribution in [1.82, 2.24) is 0 Å². The lowest BCUT2D eigenvalue weighted by atomic mass is 10.2. The zero-order chi connectivity index (χ0) is 12.7. The van der Waals surface area contributed by atoms with Gasteiger partial charge in [0.15, 0.2) is 11.5 Å². The van der Waals surface area contributed by atoms with Crippen molar-refractivity contribution < 1.29 is 19.0 Å². The highest BCUT2D eigenvalue weighted by molar-refractivity contribution is 5.81. The molecule has 1 aromatic rings. The molecule has 0 saturated heterocycles. The summed E-state index contributed by atoms with van der Waals surface area (Å²) in [5.41, 5.74) is 0.346. The van der Waals surface area contributed by atoms with Gasteiger partial charge in [-0.15, -0.1) is 0 Å². The van der Waals surface area contributed by atoms with Crippen molar-refractivity contribution in [3.63, 3.8) is 0 Å². The second-order valence-electron chi connectivity index (χ2n) is 3.20. The molecule has 0 spiro atoms. The molecule has 0 aliphatic rings. The largest absolute Gasteiger partial charge is 0.493 e. The summed E-state index contributed by atoms with van der Waals surface area (Å²) >= 11 is 0. The average molecular weight is 237 g/mol. The molecule has 17 heavy (non-hydrogen) atoms. The Morgan fingerprint density at radius 3 is 1.82 bits per heavy atom. The van der Waals surface area contributed by atoms with E-state index in [4.69, 9.17) is 14.2 Å². The molecule has 1 radical (unpaired) electrons. The van der Waals surface area contributed by atoms with E-state index >= 15 is 0 Å². The van der Waals surface area contributed by atoms with E-state index in [1.54, 1.807) is 12.1 Å². The van der Waals surface area contributed by atoms with Crippen LogP contribution in [0.4, 0.5) is 0 Å². The van der Waals surface area contributed by atoms with Crippen LogP contribution in [-0.2, 0) is 4.79 Å². The van der Waals surface area contributed by atoms with Crippen molar-refractivity contribution >= 4 is 6.29 Å². The smallest absolute Gasteiger partial charge is 0.237 e. The second kappa shape index (κ2) is 6.78. The van der Waals surface area contributed by atoms with E-state index in [1.165, 1.54) is 0 Å². The SMILES string of the molecule is CCOc1cc(OCC)c(OCC)cc1[C]=O. The topological polar surface area (TPSA) is 44.8 Å². The van der Waals surface area contributed by atoms with Crippen LogP contribution in [0.2, 0.25) is 0 Å². The molecule has 0 unspecified atom stereocenters. The van der Waals surface area contributed by atoms with E-state index in [1.807, 2.05) is 27.1 Å². The maximum atomic E-state index is 10.8. The van der Waals surface area contributed by atoms with Crippen molar-refractivity contribution in [3.8, 4) is 17.2 Å². The highest BCUT2D eigenvalue weighted by Crippen LogP contribution is 2.34. The van der Waals surface area contributed by atoms with Gasteiger partial charge in [0.2, 0.25) is 6.29 Å². The summed E-state index contributed by atoms with van der Waals surface area (Å²) in [5, 5.41) is 0. The zero-order valence-corrected chi connectivity index (χ0v) is 10.4. The Bertz CT molecular complexity index is 374. The summed E-state index contributed by atoms with van der Waals surface area (Å²) < 4.78 is 16.2. The number of rotatable bonds is 7. The number of carbonyl (C=O) groups excluding carboxylic acids is 1.